The van der Waals surface area contributed by atoms with E-state index in [4.69, 9.17) is 0 Å². The lowest BCUT2D eigenvalue weighted by molar-refractivity contribution is 0.0299. The second kappa shape index (κ2) is 10.6. The first-order chi connectivity index (χ1) is 17.9. The highest BCUT2D eigenvalue weighted by Gasteiger charge is 2.42. The monoisotopic (exact) mass is 507 g/mol. The van der Waals surface area contributed by atoms with Crippen LogP contribution in [-0.2, 0) is 5.54 Å². The summed E-state index contributed by atoms with van der Waals surface area (Å²) in [6.45, 7) is 6.03. The van der Waals surface area contributed by atoms with Crippen LogP contribution in [0.4, 0.5) is 24.5 Å². The van der Waals surface area contributed by atoms with E-state index in [1.807, 2.05) is 18.2 Å². The standard InChI is InChI=1S/C30H32F3N3O/c1-21-12-14-30(15-13-21,36-18-16-35(17-19-36)24-8-3-2-4-9-24)22-6-5-7-23(20-22)34-29(37)25-10-11-26(31)28(33)27(25)32/h2-11,20-21H,12-19H2,1H3,(H,34,37). The molecule has 1 saturated heterocycles. The summed E-state index contributed by atoms with van der Waals surface area (Å²) in [5, 5.41) is 2.69. The van der Waals surface area contributed by atoms with Gasteiger partial charge in [-0.05, 0) is 73.6 Å². The molecule has 2 aliphatic rings. The van der Waals surface area contributed by atoms with Crippen LogP contribution in [0.2, 0.25) is 0 Å². The Morgan fingerprint density at radius 1 is 0.865 bits per heavy atom. The van der Waals surface area contributed by atoms with Crippen LogP contribution >= 0.6 is 0 Å². The zero-order chi connectivity index (χ0) is 26.0. The summed E-state index contributed by atoms with van der Waals surface area (Å²) in [5.41, 5.74) is 2.19. The quantitative estimate of drug-likeness (QED) is 0.396. The van der Waals surface area contributed by atoms with Gasteiger partial charge >= 0.3 is 0 Å². The van der Waals surface area contributed by atoms with Gasteiger partial charge in [-0.1, -0.05) is 37.3 Å². The van der Waals surface area contributed by atoms with Crippen molar-refractivity contribution in [2.24, 2.45) is 5.92 Å². The van der Waals surface area contributed by atoms with E-state index in [9.17, 15) is 18.0 Å². The lowest BCUT2D eigenvalue weighted by Crippen LogP contribution is -2.56. The maximum atomic E-state index is 14.2. The molecule has 5 rings (SSSR count). The van der Waals surface area contributed by atoms with Crippen LogP contribution in [-0.4, -0.2) is 37.0 Å². The maximum absolute atomic E-state index is 14.2. The number of rotatable bonds is 5. The molecule has 1 aliphatic carbocycles. The summed E-state index contributed by atoms with van der Waals surface area (Å²) in [4.78, 5) is 17.7. The van der Waals surface area contributed by atoms with Gasteiger partial charge in [0.05, 0.1) is 5.56 Å². The third-order valence-electron chi connectivity index (χ3n) is 8.05. The number of hydrogen-bond donors (Lipinski definition) is 1. The molecule has 1 amide bonds. The molecule has 194 valence electrons. The summed E-state index contributed by atoms with van der Waals surface area (Å²) < 4.78 is 41.2. The highest BCUT2D eigenvalue weighted by molar-refractivity contribution is 6.04. The molecule has 3 aromatic rings. The largest absolute Gasteiger partial charge is 0.369 e. The number of carbonyl (C=O) groups is 1. The molecule has 0 spiro atoms. The molecule has 7 heteroatoms. The SMILES string of the molecule is CC1CCC(c2cccc(NC(=O)c3ccc(F)c(F)c3F)c2)(N2CCN(c3ccccc3)CC2)CC1. The topological polar surface area (TPSA) is 35.6 Å². The lowest BCUT2D eigenvalue weighted by Gasteiger charge is -2.51. The van der Waals surface area contributed by atoms with E-state index >= 15 is 0 Å². The number of carbonyl (C=O) groups excluding carboxylic acids is 1. The first-order valence-corrected chi connectivity index (χ1v) is 13.0. The number of hydrogen-bond acceptors (Lipinski definition) is 3. The van der Waals surface area contributed by atoms with Gasteiger partial charge < -0.3 is 10.2 Å². The van der Waals surface area contributed by atoms with Crippen molar-refractivity contribution in [3.63, 3.8) is 0 Å². The highest BCUT2D eigenvalue weighted by Crippen LogP contribution is 2.45. The maximum Gasteiger partial charge on any atom is 0.258 e. The Hall–Kier alpha value is -3.32. The van der Waals surface area contributed by atoms with E-state index in [-0.39, 0.29) is 5.54 Å². The van der Waals surface area contributed by atoms with Crippen molar-refractivity contribution in [3.05, 3.63) is 95.3 Å². The molecular formula is C30H32F3N3O. The lowest BCUT2D eigenvalue weighted by atomic mass is 9.71. The van der Waals surface area contributed by atoms with Crippen molar-refractivity contribution in [3.8, 4) is 0 Å². The Kier molecular flexibility index (Phi) is 7.24. The average Bonchev–Trinajstić information content (AvgIpc) is 2.93. The molecule has 2 fully saturated rings. The van der Waals surface area contributed by atoms with E-state index in [1.54, 1.807) is 6.07 Å². The molecule has 0 radical (unpaired) electrons. The summed E-state index contributed by atoms with van der Waals surface area (Å²) >= 11 is 0. The van der Waals surface area contributed by atoms with Crippen LogP contribution in [0.5, 0.6) is 0 Å². The van der Waals surface area contributed by atoms with Gasteiger partial charge in [0.2, 0.25) is 0 Å². The van der Waals surface area contributed by atoms with Crippen LogP contribution in [0.15, 0.2) is 66.7 Å². The predicted octanol–water partition coefficient (Wildman–Crippen LogP) is 6.58. The van der Waals surface area contributed by atoms with Crippen molar-refractivity contribution in [2.75, 3.05) is 36.4 Å². The molecule has 1 aliphatic heterocycles. The fourth-order valence-corrected chi connectivity index (χ4v) is 5.84. The van der Waals surface area contributed by atoms with Crippen molar-refractivity contribution >= 4 is 17.3 Å². The van der Waals surface area contributed by atoms with Gasteiger partial charge in [0.15, 0.2) is 17.5 Å². The van der Waals surface area contributed by atoms with Crippen LogP contribution in [0.25, 0.3) is 0 Å². The molecule has 1 saturated carbocycles. The van der Waals surface area contributed by atoms with Gasteiger partial charge in [0, 0.05) is 43.1 Å². The van der Waals surface area contributed by atoms with Crippen LogP contribution in [0.1, 0.15) is 48.5 Å². The van der Waals surface area contributed by atoms with Gasteiger partial charge in [0.25, 0.3) is 5.91 Å². The normalized spacial score (nSPS) is 22.6. The van der Waals surface area contributed by atoms with E-state index in [0.29, 0.717) is 11.6 Å². The first kappa shape index (κ1) is 25.3. The Morgan fingerprint density at radius 2 is 1.57 bits per heavy atom. The zero-order valence-electron chi connectivity index (χ0n) is 21.0. The minimum Gasteiger partial charge on any atom is -0.369 e. The minimum atomic E-state index is -1.65. The molecule has 0 atom stereocenters. The number of nitrogens with one attached hydrogen (secondary N) is 1. The Labute approximate surface area is 216 Å². The van der Waals surface area contributed by atoms with Crippen LogP contribution in [0, 0.1) is 23.4 Å². The van der Waals surface area contributed by atoms with Crippen molar-refractivity contribution in [2.45, 2.75) is 38.1 Å². The summed E-state index contributed by atoms with van der Waals surface area (Å²) in [6, 6.07) is 19.9. The highest BCUT2D eigenvalue weighted by atomic mass is 19.2. The Bertz CT molecular complexity index is 1250. The fraction of sp³-hybridized carbons (Fsp3) is 0.367. The summed E-state index contributed by atoms with van der Waals surface area (Å²) in [5.74, 6) is -4.60. The molecule has 1 heterocycles. The number of anilines is 2. The molecule has 0 bridgehead atoms. The summed E-state index contributed by atoms with van der Waals surface area (Å²) in [7, 11) is 0. The molecular weight excluding hydrogens is 475 g/mol. The van der Waals surface area contributed by atoms with E-state index in [2.05, 4.69) is 52.4 Å². The smallest absolute Gasteiger partial charge is 0.258 e. The number of para-hydroxylation sites is 1. The van der Waals surface area contributed by atoms with Gasteiger partial charge in [-0.3, -0.25) is 9.69 Å². The molecule has 37 heavy (non-hydrogen) atoms. The number of halogens is 3. The van der Waals surface area contributed by atoms with Crippen LogP contribution < -0.4 is 10.2 Å². The first-order valence-electron chi connectivity index (χ1n) is 13.0. The fourth-order valence-electron chi connectivity index (χ4n) is 5.84. The van der Waals surface area contributed by atoms with Gasteiger partial charge in [-0.15, -0.1) is 0 Å². The van der Waals surface area contributed by atoms with Crippen molar-refractivity contribution in [1.82, 2.24) is 4.90 Å². The van der Waals surface area contributed by atoms with Gasteiger partial charge in [-0.2, -0.15) is 0 Å². The third kappa shape index (κ3) is 5.10. The van der Waals surface area contributed by atoms with E-state index in [1.165, 1.54) is 5.69 Å². The number of nitrogens with zero attached hydrogens (tertiary/aromatic N) is 2. The second-order valence-electron chi connectivity index (χ2n) is 10.3. The number of benzene rings is 3. The van der Waals surface area contributed by atoms with E-state index in [0.717, 1.165) is 69.6 Å². The third-order valence-corrected chi connectivity index (χ3v) is 8.05. The van der Waals surface area contributed by atoms with Crippen LogP contribution in [0.3, 0.4) is 0 Å². The minimum absolute atomic E-state index is 0.150. The Morgan fingerprint density at radius 3 is 2.27 bits per heavy atom. The summed E-state index contributed by atoms with van der Waals surface area (Å²) in [6.07, 6.45) is 4.29. The average molecular weight is 508 g/mol. The number of amides is 1. The molecule has 0 unspecified atom stereocenters. The zero-order valence-corrected chi connectivity index (χ0v) is 21.0. The Balaban J connectivity index is 1.38. The van der Waals surface area contributed by atoms with Crippen molar-refractivity contribution in [1.29, 1.82) is 0 Å². The van der Waals surface area contributed by atoms with E-state index < -0.39 is 28.9 Å². The van der Waals surface area contributed by atoms with Gasteiger partial charge in [0.1, 0.15) is 0 Å². The number of piperazine rings is 1. The molecule has 0 aromatic heterocycles. The molecule has 4 nitrogen and oxygen atoms in total. The van der Waals surface area contributed by atoms with Gasteiger partial charge in [-0.25, -0.2) is 13.2 Å². The predicted molar refractivity (Wildman–Crippen MR) is 140 cm³/mol. The molecule has 1 N–H and O–H groups in total. The van der Waals surface area contributed by atoms with Crippen molar-refractivity contribution < 1.29 is 18.0 Å². The molecule has 3 aromatic carbocycles. The second-order valence-corrected chi connectivity index (χ2v) is 10.3.